The zero-order valence-electron chi connectivity index (χ0n) is 16.0. The number of hydrogen-bond acceptors (Lipinski definition) is 5. The van der Waals surface area contributed by atoms with E-state index < -0.39 is 27.5 Å². The molecule has 2 aliphatic rings. The van der Waals surface area contributed by atoms with Gasteiger partial charge in [-0.3, -0.25) is 4.79 Å². The van der Waals surface area contributed by atoms with Crippen molar-refractivity contribution in [1.82, 2.24) is 4.31 Å². The van der Waals surface area contributed by atoms with Gasteiger partial charge in [-0.1, -0.05) is 17.7 Å². The summed E-state index contributed by atoms with van der Waals surface area (Å²) in [5.74, 6) is -0.968. The molecule has 1 amide bonds. The predicted octanol–water partition coefficient (Wildman–Crippen LogP) is 2.64. The molecule has 0 atom stereocenters. The van der Waals surface area contributed by atoms with Gasteiger partial charge in [0.1, 0.15) is 5.60 Å². The number of nitrogens with zero attached hydrogens (tertiary/aromatic N) is 1. The van der Waals surface area contributed by atoms with Crippen LogP contribution < -0.4 is 5.32 Å². The van der Waals surface area contributed by atoms with Gasteiger partial charge in [-0.2, -0.15) is 0 Å². The standard InChI is InChI=1S/C19H23ClN2O5S/c1-4-28(25,26)22-9-7-19(8-10-22)16(13(3)18(24)27-19)17(23)21-14-6-5-12(2)15(20)11-14/h5-6,11H,4,7-10H2,1-3H3,(H,21,23). The lowest BCUT2D eigenvalue weighted by Crippen LogP contribution is -2.49. The molecule has 1 aromatic carbocycles. The summed E-state index contributed by atoms with van der Waals surface area (Å²) in [7, 11) is -3.33. The van der Waals surface area contributed by atoms with E-state index in [0.29, 0.717) is 10.7 Å². The van der Waals surface area contributed by atoms with E-state index >= 15 is 0 Å². The van der Waals surface area contributed by atoms with Crippen molar-refractivity contribution >= 4 is 39.2 Å². The molecule has 0 saturated carbocycles. The number of amides is 1. The number of carbonyl (C=O) groups is 2. The van der Waals surface area contributed by atoms with Crippen LogP contribution in [0.4, 0.5) is 5.69 Å². The van der Waals surface area contributed by atoms with Gasteiger partial charge in [0.2, 0.25) is 10.0 Å². The molecule has 1 spiro atoms. The molecule has 28 heavy (non-hydrogen) atoms. The van der Waals surface area contributed by atoms with E-state index in [1.807, 2.05) is 6.92 Å². The van der Waals surface area contributed by atoms with Crippen LogP contribution in [0, 0.1) is 6.92 Å². The number of aryl methyl sites for hydroxylation is 1. The number of anilines is 1. The van der Waals surface area contributed by atoms with Crippen molar-refractivity contribution in [2.45, 2.75) is 39.2 Å². The molecule has 1 aromatic rings. The van der Waals surface area contributed by atoms with Gasteiger partial charge in [-0.25, -0.2) is 17.5 Å². The van der Waals surface area contributed by atoms with Crippen molar-refractivity contribution in [3.63, 3.8) is 0 Å². The average molecular weight is 427 g/mol. The Labute approximate surface area is 169 Å². The molecule has 0 radical (unpaired) electrons. The molecule has 0 unspecified atom stereocenters. The van der Waals surface area contributed by atoms with Gasteiger partial charge in [0.25, 0.3) is 5.91 Å². The molecule has 0 aromatic heterocycles. The second-order valence-corrected chi connectivity index (χ2v) is 9.77. The molecule has 0 aliphatic carbocycles. The number of benzene rings is 1. The maximum atomic E-state index is 13.0. The minimum atomic E-state index is -3.33. The van der Waals surface area contributed by atoms with Crippen LogP contribution in [0.2, 0.25) is 5.02 Å². The SMILES string of the molecule is CCS(=O)(=O)N1CCC2(CC1)OC(=O)C(C)=C2C(=O)Nc1ccc(C)c(Cl)c1. The lowest BCUT2D eigenvalue weighted by Gasteiger charge is -2.38. The van der Waals surface area contributed by atoms with Crippen LogP contribution in [-0.2, 0) is 24.3 Å². The van der Waals surface area contributed by atoms with E-state index in [-0.39, 0.29) is 42.8 Å². The number of hydrogen-bond donors (Lipinski definition) is 1. The van der Waals surface area contributed by atoms with E-state index in [1.165, 1.54) is 4.31 Å². The van der Waals surface area contributed by atoms with Gasteiger partial charge in [-0.15, -0.1) is 0 Å². The molecule has 152 valence electrons. The molecule has 1 saturated heterocycles. The monoisotopic (exact) mass is 426 g/mol. The number of ether oxygens (including phenoxy) is 1. The molecule has 1 N–H and O–H groups in total. The lowest BCUT2D eigenvalue weighted by molar-refractivity contribution is -0.149. The van der Waals surface area contributed by atoms with Crippen molar-refractivity contribution in [3.8, 4) is 0 Å². The molecular formula is C19H23ClN2O5S. The minimum absolute atomic E-state index is 0.0101. The third-order valence-electron chi connectivity index (χ3n) is 5.37. The fourth-order valence-corrected chi connectivity index (χ4v) is 4.94. The summed E-state index contributed by atoms with van der Waals surface area (Å²) >= 11 is 6.12. The summed E-state index contributed by atoms with van der Waals surface area (Å²) in [6, 6.07) is 5.17. The smallest absolute Gasteiger partial charge is 0.335 e. The summed E-state index contributed by atoms with van der Waals surface area (Å²) in [4.78, 5) is 25.2. The molecule has 2 heterocycles. The number of piperidine rings is 1. The second kappa shape index (κ2) is 7.50. The Morgan fingerprint density at radius 3 is 2.50 bits per heavy atom. The highest BCUT2D eigenvalue weighted by atomic mass is 35.5. The first kappa shape index (κ1) is 20.8. The van der Waals surface area contributed by atoms with Crippen molar-refractivity contribution in [2.75, 3.05) is 24.2 Å². The number of rotatable bonds is 4. The fraction of sp³-hybridized carbons (Fsp3) is 0.474. The molecule has 0 bridgehead atoms. The van der Waals surface area contributed by atoms with Crippen LogP contribution >= 0.6 is 11.6 Å². The van der Waals surface area contributed by atoms with E-state index in [0.717, 1.165) is 5.56 Å². The zero-order chi connectivity index (χ0) is 20.7. The van der Waals surface area contributed by atoms with Crippen LogP contribution in [0.25, 0.3) is 0 Å². The number of carbonyl (C=O) groups excluding carboxylic acids is 2. The first-order valence-electron chi connectivity index (χ1n) is 9.09. The molecule has 1 fully saturated rings. The Kier molecular flexibility index (Phi) is 5.58. The van der Waals surface area contributed by atoms with E-state index in [9.17, 15) is 18.0 Å². The Morgan fingerprint density at radius 1 is 1.29 bits per heavy atom. The summed E-state index contributed by atoms with van der Waals surface area (Å²) in [5.41, 5.74) is 0.821. The zero-order valence-corrected chi connectivity index (χ0v) is 17.6. The van der Waals surface area contributed by atoms with E-state index in [1.54, 1.807) is 32.0 Å². The molecular weight excluding hydrogens is 404 g/mol. The average Bonchev–Trinajstić information content (AvgIpc) is 2.88. The maximum absolute atomic E-state index is 13.0. The van der Waals surface area contributed by atoms with Gasteiger partial charge < -0.3 is 10.1 Å². The van der Waals surface area contributed by atoms with E-state index in [4.69, 9.17) is 16.3 Å². The third-order valence-corrected chi connectivity index (χ3v) is 7.66. The normalized spacial score (nSPS) is 19.8. The van der Waals surface area contributed by atoms with Crippen molar-refractivity contribution < 1.29 is 22.7 Å². The first-order chi connectivity index (χ1) is 13.1. The van der Waals surface area contributed by atoms with Crippen LogP contribution in [0.1, 0.15) is 32.3 Å². The summed E-state index contributed by atoms with van der Waals surface area (Å²) in [6.07, 6.45) is 0.486. The Balaban J connectivity index is 1.85. The third kappa shape index (κ3) is 3.68. The van der Waals surface area contributed by atoms with Gasteiger partial charge in [0, 0.05) is 42.2 Å². The fourth-order valence-electron chi connectivity index (χ4n) is 3.65. The van der Waals surface area contributed by atoms with Crippen LogP contribution in [0.5, 0.6) is 0 Å². The van der Waals surface area contributed by atoms with Crippen molar-refractivity contribution in [1.29, 1.82) is 0 Å². The number of sulfonamides is 1. The topological polar surface area (TPSA) is 92.8 Å². The van der Waals surface area contributed by atoms with E-state index in [2.05, 4.69) is 5.32 Å². The maximum Gasteiger partial charge on any atom is 0.335 e. The second-order valence-electron chi connectivity index (χ2n) is 7.10. The summed E-state index contributed by atoms with van der Waals surface area (Å²) < 4.78 is 31.2. The molecule has 3 rings (SSSR count). The van der Waals surface area contributed by atoms with Crippen LogP contribution in [0.3, 0.4) is 0 Å². The number of halogens is 1. The Bertz CT molecular complexity index is 963. The summed E-state index contributed by atoms with van der Waals surface area (Å²) in [5, 5.41) is 3.30. The van der Waals surface area contributed by atoms with Gasteiger partial charge >= 0.3 is 5.97 Å². The lowest BCUT2D eigenvalue weighted by atomic mass is 9.83. The van der Waals surface area contributed by atoms with Gasteiger partial charge in [-0.05, 0) is 38.5 Å². The number of nitrogens with one attached hydrogen (secondary N) is 1. The highest BCUT2D eigenvalue weighted by Crippen LogP contribution is 2.42. The molecule has 7 nitrogen and oxygen atoms in total. The number of esters is 1. The Morgan fingerprint density at radius 2 is 1.93 bits per heavy atom. The van der Waals surface area contributed by atoms with Crippen LogP contribution in [-0.4, -0.2) is 49.0 Å². The van der Waals surface area contributed by atoms with Crippen molar-refractivity contribution in [3.05, 3.63) is 39.9 Å². The first-order valence-corrected chi connectivity index (χ1v) is 11.1. The molecule has 2 aliphatic heterocycles. The molecule has 9 heteroatoms. The Hall–Kier alpha value is -1.90. The minimum Gasteiger partial charge on any atom is -0.450 e. The largest absolute Gasteiger partial charge is 0.450 e. The van der Waals surface area contributed by atoms with Gasteiger partial charge in [0.05, 0.1) is 11.3 Å². The predicted molar refractivity (Wildman–Crippen MR) is 107 cm³/mol. The van der Waals surface area contributed by atoms with Crippen LogP contribution in [0.15, 0.2) is 29.3 Å². The van der Waals surface area contributed by atoms with Crippen molar-refractivity contribution in [2.24, 2.45) is 0 Å². The highest BCUT2D eigenvalue weighted by Gasteiger charge is 2.51. The quantitative estimate of drug-likeness (QED) is 0.747. The summed E-state index contributed by atoms with van der Waals surface area (Å²) in [6.45, 7) is 5.40. The highest BCUT2D eigenvalue weighted by molar-refractivity contribution is 7.89. The van der Waals surface area contributed by atoms with Gasteiger partial charge in [0.15, 0.2) is 0 Å².